The van der Waals surface area contributed by atoms with Gasteiger partial charge in [-0.25, -0.2) is 4.68 Å². The number of hydrogen-bond donors (Lipinski definition) is 1. The first-order valence-electron chi connectivity index (χ1n) is 10.2. The number of halogens is 4. The van der Waals surface area contributed by atoms with Crippen molar-refractivity contribution in [3.63, 3.8) is 0 Å². The van der Waals surface area contributed by atoms with E-state index >= 15 is 0 Å². The molecule has 162 valence electrons. The van der Waals surface area contributed by atoms with Crippen LogP contribution in [0.25, 0.3) is 0 Å². The van der Waals surface area contributed by atoms with Crippen molar-refractivity contribution in [2.45, 2.75) is 62.8 Å². The molecular weight excluding hydrogens is 417 g/mol. The van der Waals surface area contributed by atoms with Gasteiger partial charge in [0.25, 0.3) is 5.91 Å². The summed E-state index contributed by atoms with van der Waals surface area (Å²) in [6, 6.07) is 6.52. The average Bonchev–Trinajstić information content (AvgIpc) is 3.09. The molecule has 1 aromatic heterocycles. The Balaban J connectivity index is 1.69. The summed E-state index contributed by atoms with van der Waals surface area (Å²) in [5.41, 5.74) is 0.595. The minimum absolute atomic E-state index is 0.0412. The van der Waals surface area contributed by atoms with Gasteiger partial charge in [0.15, 0.2) is 11.7 Å². The molecule has 9 heteroatoms. The molecule has 1 aromatic carbocycles. The number of anilines is 1. The van der Waals surface area contributed by atoms with E-state index in [0.29, 0.717) is 0 Å². The fourth-order valence-electron chi connectivity index (χ4n) is 4.43. The highest BCUT2D eigenvalue weighted by atomic mass is 35.5. The molecule has 0 bridgehead atoms. The zero-order valence-electron chi connectivity index (χ0n) is 16.6. The molecule has 4 rings (SSSR count). The van der Waals surface area contributed by atoms with Crippen molar-refractivity contribution in [1.29, 1.82) is 0 Å². The summed E-state index contributed by atoms with van der Waals surface area (Å²) in [5.74, 6) is -0.396. The first kappa shape index (κ1) is 21.0. The van der Waals surface area contributed by atoms with Gasteiger partial charge in [-0.2, -0.15) is 18.3 Å². The van der Waals surface area contributed by atoms with E-state index in [1.807, 2.05) is 6.07 Å². The molecule has 2 atom stereocenters. The molecule has 2 heterocycles. The Kier molecular flexibility index (Phi) is 5.70. The average molecular weight is 441 g/mol. The monoisotopic (exact) mass is 440 g/mol. The lowest BCUT2D eigenvalue weighted by Gasteiger charge is -2.33. The standard InChI is InChI=1S/C21H24ClF3N4O/c1-28(14-10-6-3-7-11-14)20(30)18-17(22)19-26-15(13-8-4-2-5-9-13)12-16(21(23,24)25)29(19)27-18/h2,4-5,8-9,14-16,26H,3,6-7,10-12H2,1H3/t15-,16-/m0/s1. The van der Waals surface area contributed by atoms with Gasteiger partial charge >= 0.3 is 6.18 Å². The normalized spacial score (nSPS) is 22.3. The summed E-state index contributed by atoms with van der Waals surface area (Å²) in [6.07, 6.45) is 0.216. The molecule has 2 aliphatic rings. The molecule has 0 unspecified atom stereocenters. The van der Waals surface area contributed by atoms with Crippen LogP contribution in [0.1, 0.15) is 66.7 Å². The fourth-order valence-corrected chi connectivity index (χ4v) is 4.69. The van der Waals surface area contributed by atoms with Gasteiger partial charge in [0.05, 0.1) is 6.04 Å². The third kappa shape index (κ3) is 3.89. The summed E-state index contributed by atoms with van der Waals surface area (Å²) in [5, 5.41) is 7.07. The van der Waals surface area contributed by atoms with E-state index in [1.165, 1.54) is 0 Å². The van der Waals surface area contributed by atoms with Crippen molar-refractivity contribution in [3.8, 4) is 0 Å². The Morgan fingerprint density at radius 2 is 1.87 bits per heavy atom. The summed E-state index contributed by atoms with van der Waals surface area (Å²) < 4.78 is 42.5. The molecule has 0 saturated heterocycles. The van der Waals surface area contributed by atoms with Crippen molar-refractivity contribution >= 4 is 23.3 Å². The Hall–Kier alpha value is -2.22. The summed E-state index contributed by atoms with van der Waals surface area (Å²) in [4.78, 5) is 14.6. The molecule has 1 fully saturated rings. The van der Waals surface area contributed by atoms with Crippen molar-refractivity contribution < 1.29 is 18.0 Å². The van der Waals surface area contributed by atoms with Crippen LogP contribution in [0.4, 0.5) is 19.0 Å². The minimum Gasteiger partial charge on any atom is -0.362 e. The first-order chi connectivity index (χ1) is 14.3. The van der Waals surface area contributed by atoms with Gasteiger partial charge in [-0.1, -0.05) is 61.2 Å². The SMILES string of the molecule is CN(C(=O)c1nn2c(c1Cl)N[C@H](c1ccccc1)C[C@H]2C(F)(F)F)C1CCCCC1. The van der Waals surface area contributed by atoms with Gasteiger partial charge in [-0.3, -0.25) is 4.79 Å². The Labute approximate surface area is 178 Å². The van der Waals surface area contributed by atoms with Crippen LogP contribution in [-0.2, 0) is 0 Å². The third-order valence-corrected chi connectivity index (χ3v) is 6.50. The Morgan fingerprint density at radius 3 is 2.50 bits per heavy atom. The molecule has 1 aliphatic heterocycles. The van der Waals surface area contributed by atoms with Gasteiger partial charge in [0.1, 0.15) is 10.8 Å². The van der Waals surface area contributed by atoms with E-state index in [-0.39, 0.29) is 29.0 Å². The Bertz CT molecular complexity index is 909. The fraction of sp³-hybridized carbons (Fsp3) is 0.524. The van der Waals surface area contributed by atoms with E-state index in [9.17, 15) is 18.0 Å². The molecule has 30 heavy (non-hydrogen) atoms. The molecule has 0 spiro atoms. The summed E-state index contributed by atoms with van der Waals surface area (Å²) in [6.45, 7) is 0. The van der Waals surface area contributed by atoms with E-state index in [4.69, 9.17) is 11.6 Å². The molecular formula is C21H24ClF3N4O. The van der Waals surface area contributed by atoms with Crippen molar-refractivity contribution in [3.05, 3.63) is 46.6 Å². The van der Waals surface area contributed by atoms with Gasteiger partial charge in [0.2, 0.25) is 0 Å². The van der Waals surface area contributed by atoms with Crippen LogP contribution in [0, 0.1) is 0 Å². The van der Waals surface area contributed by atoms with Crippen molar-refractivity contribution in [2.24, 2.45) is 0 Å². The van der Waals surface area contributed by atoms with Crippen LogP contribution in [0.3, 0.4) is 0 Å². The van der Waals surface area contributed by atoms with Crippen LogP contribution in [-0.4, -0.2) is 39.9 Å². The highest BCUT2D eigenvalue weighted by Crippen LogP contribution is 2.46. The first-order valence-corrected chi connectivity index (χ1v) is 10.6. The van der Waals surface area contributed by atoms with E-state index in [1.54, 1.807) is 36.2 Å². The maximum atomic E-state index is 13.9. The Morgan fingerprint density at radius 1 is 1.20 bits per heavy atom. The topological polar surface area (TPSA) is 50.2 Å². The van der Waals surface area contributed by atoms with Crippen LogP contribution < -0.4 is 5.32 Å². The minimum atomic E-state index is -4.52. The molecule has 1 N–H and O–H groups in total. The number of benzene rings is 1. The predicted octanol–water partition coefficient (Wildman–Crippen LogP) is 5.60. The lowest BCUT2D eigenvalue weighted by atomic mass is 9.94. The van der Waals surface area contributed by atoms with Crippen LogP contribution >= 0.6 is 11.6 Å². The second-order valence-electron chi connectivity index (χ2n) is 8.06. The highest BCUT2D eigenvalue weighted by Gasteiger charge is 2.48. The van der Waals surface area contributed by atoms with Crippen molar-refractivity contribution in [2.75, 3.05) is 12.4 Å². The number of nitrogens with zero attached hydrogens (tertiary/aromatic N) is 3. The number of carbonyl (C=O) groups is 1. The second-order valence-corrected chi connectivity index (χ2v) is 8.44. The maximum absolute atomic E-state index is 13.9. The van der Waals surface area contributed by atoms with E-state index in [0.717, 1.165) is 42.3 Å². The molecule has 1 amide bonds. The summed E-state index contributed by atoms with van der Waals surface area (Å²) in [7, 11) is 1.68. The number of fused-ring (bicyclic) bond motifs is 1. The van der Waals surface area contributed by atoms with Gasteiger partial charge in [-0.15, -0.1) is 0 Å². The van der Waals surface area contributed by atoms with Crippen LogP contribution in [0.5, 0.6) is 0 Å². The molecule has 1 aliphatic carbocycles. The smallest absolute Gasteiger partial charge is 0.362 e. The van der Waals surface area contributed by atoms with E-state index in [2.05, 4.69) is 10.4 Å². The second kappa shape index (κ2) is 8.13. The molecule has 0 radical (unpaired) electrons. The largest absolute Gasteiger partial charge is 0.410 e. The maximum Gasteiger partial charge on any atom is 0.410 e. The number of aromatic nitrogens is 2. The van der Waals surface area contributed by atoms with Crippen molar-refractivity contribution in [1.82, 2.24) is 14.7 Å². The number of alkyl halides is 3. The molecule has 2 aromatic rings. The molecule has 5 nitrogen and oxygen atoms in total. The lowest BCUT2D eigenvalue weighted by molar-refractivity contribution is -0.173. The molecule has 1 saturated carbocycles. The predicted molar refractivity (Wildman–Crippen MR) is 109 cm³/mol. The van der Waals surface area contributed by atoms with E-state index < -0.39 is 24.2 Å². The number of rotatable bonds is 3. The van der Waals surface area contributed by atoms with Gasteiger partial charge in [0, 0.05) is 19.5 Å². The van der Waals surface area contributed by atoms with Crippen LogP contribution in [0.2, 0.25) is 5.02 Å². The third-order valence-electron chi connectivity index (χ3n) is 6.14. The summed E-state index contributed by atoms with van der Waals surface area (Å²) >= 11 is 6.43. The number of nitrogens with one attached hydrogen (secondary N) is 1. The zero-order valence-corrected chi connectivity index (χ0v) is 17.4. The van der Waals surface area contributed by atoms with Gasteiger partial charge < -0.3 is 10.2 Å². The lowest BCUT2D eigenvalue weighted by Crippen LogP contribution is -2.39. The quantitative estimate of drug-likeness (QED) is 0.675. The van der Waals surface area contributed by atoms with Crippen LogP contribution in [0.15, 0.2) is 30.3 Å². The van der Waals surface area contributed by atoms with Gasteiger partial charge in [-0.05, 0) is 18.4 Å². The number of carbonyl (C=O) groups excluding carboxylic acids is 1. The number of hydrogen-bond acceptors (Lipinski definition) is 3. The highest BCUT2D eigenvalue weighted by molar-refractivity contribution is 6.36. The zero-order chi connectivity index (χ0) is 21.5. The number of amides is 1.